The molecule has 4 rings (SSSR count). The fourth-order valence-corrected chi connectivity index (χ4v) is 3.09. The molecule has 134 valence electrons. The van der Waals surface area contributed by atoms with Crippen molar-refractivity contribution in [3.63, 3.8) is 0 Å². The van der Waals surface area contributed by atoms with Gasteiger partial charge in [-0.25, -0.2) is 4.98 Å². The van der Waals surface area contributed by atoms with Crippen LogP contribution in [0.4, 0.5) is 5.69 Å². The Morgan fingerprint density at radius 2 is 2.08 bits per heavy atom. The Morgan fingerprint density at radius 1 is 1.31 bits per heavy atom. The van der Waals surface area contributed by atoms with Crippen molar-refractivity contribution in [1.82, 2.24) is 10.1 Å². The fourth-order valence-electron chi connectivity index (χ4n) is 3.09. The predicted octanol–water partition coefficient (Wildman–Crippen LogP) is 4.49. The Morgan fingerprint density at radius 3 is 2.77 bits per heavy atom. The number of aromatic nitrogens is 2. The lowest BCUT2D eigenvalue weighted by Gasteiger charge is -2.11. The highest BCUT2D eigenvalue weighted by atomic mass is 16.5. The highest BCUT2D eigenvalue weighted by Crippen LogP contribution is 2.41. The zero-order valence-corrected chi connectivity index (χ0v) is 15.0. The third-order valence-corrected chi connectivity index (χ3v) is 4.68. The van der Waals surface area contributed by atoms with Crippen LogP contribution in [-0.4, -0.2) is 21.2 Å². The number of benzene rings is 1. The third kappa shape index (κ3) is 2.92. The van der Waals surface area contributed by atoms with E-state index in [0.29, 0.717) is 34.0 Å². The van der Waals surface area contributed by atoms with E-state index in [2.05, 4.69) is 15.5 Å². The molecule has 2 heterocycles. The first-order valence-electron chi connectivity index (χ1n) is 8.85. The predicted molar refractivity (Wildman–Crippen MR) is 98.7 cm³/mol. The van der Waals surface area contributed by atoms with Crippen LogP contribution < -0.4 is 5.32 Å². The molecule has 3 aromatic rings. The van der Waals surface area contributed by atoms with Gasteiger partial charge in [0.2, 0.25) is 0 Å². The second-order valence-corrected chi connectivity index (χ2v) is 7.25. The first-order chi connectivity index (χ1) is 12.4. The van der Waals surface area contributed by atoms with Crippen LogP contribution in [0.1, 0.15) is 65.8 Å². The maximum absolute atomic E-state index is 13.0. The molecule has 2 aromatic heterocycles. The topological polar surface area (TPSA) is 88.2 Å². The number of carbonyl (C=O) groups is 1. The smallest absolute Gasteiger partial charge is 0.259 e. The number of fused-ring (bicyclic) bond motifs is 1. The number of hydrogen-bond donors (Lipinski definition) is 2. The van der Waals surface area contributed by atoms with E-state index >= 15 is 0 Å². The molecule has 0 bridgehead atoms. The number of nitrogens with zero attached hydrogens (tertiary/aromatic N) is 2. The van der Waals surface area contributed by atoms with Crippen LogP contribution in [0.5, 0.6) is 5.75 Å². The van der Waals surface area contributed by atoms with Crippen molar-refractivity contribution in [3.8, 4) is 5.75 Å². The van der Waals surface area contributed by atoms with E-state index in [0.717, 1.165) is 24.1 Å². The van der Waals surface area contributed by atoms with Crippen LogP contribution in [0.2, 0.25) is 0 Å². The molecule has 0 saturated heterocycles. The van der Waals surface area contributed by atoms with Gasteiger partial charge in [-0.2, -0.15) is 0 Å². The number of phenolic OH excluding ortho intramolecular Hbond substituents is 1. The molecule has 0 aliphatic heterocycles. The number of anilines is 1. The molecule has 26 heavy (non-hydrogen) atoms. The van der Waals surface area contributed by atoms with Crippen LogP contribution >= 0.6 is 0 Å². The summed E-state index contributed by atoms with van der Waals surface area (Å²) >= 11 is 0. The first kappa shape index (κ1) is 16.6. The van der Waals surface area contributed by atoms with Gasteiger partial charge >= 0.3 is 0 Å². The summed E-state index contributed by atoms with van der Waals surface area (Å²) < 4.78 is 5.42. The molecule has 1 aromatic carbocycles. The highest BCUT2D eigenvalue weighted by Gasteiger charge is 2.29. The van der Waals surface area contributed by atoms with Crippen LogP contribution in [0.3, 0.4) is 0 Å². The van der Waals surface area contributed by atoms with Crippen molar-refractivity contribution in [2.45, 2.75) is 45.4 Å². The molecule has 1 amide bonds. The van der Waals surface area contributed by atoms with Gasteiger partial charge in [-0.3, -0.25) is 4.79 Å². The summed E-state index contributed by atoms with van der Waals surface area (Å²) in [5.74, 6) is 0.214. The largest absolute Gasteiger partial charge is 0.506 e. The SMILES string of the molecule is Cc1ccc(O)c(NC(=O)c2cc(C3CC3)nc3onc(C(C)C)c23)c1. The lowest BCUT2D eigenvalue weighted by Crippen LogP contribution is -2.14. The molecule has 6 nitrogen and oxygen atoms in total. The molecular formula is C20H21N3O3. The van der Waals surface area contributed by atoms with E-state index in [-0.39, 0.29) is 17.6 Å². The average molecular weight is 351 g/mol. The molecule has 0 unspecified atom stereocenters. The number of aromatic hydroxyl groups is 1. The van der Waals surface area contributed by atoms with Crippen molar-refractivity contribution in [2.75, 3.05) is 5.32 Å². The van der Waals surface area contributed by atoms with Gasteiger partial charge in [-0.05, 0) is 49.4 Å². The Labute approximate surface area is 151 Å². The summed E-state index contributed by atoms with van der Waals surface area (Å²) in [6, 6.07) is 6.94. The number of rotatable bonds is 4. The van der Waals surface area contributed by atoms with Crippen molar-refractivity contribution >= 4 is 22.7 Å². The molecule has 6 heteroatoms. The molecule has 0 spiro atoms. The maximum atomic E-state index is 13.0. The van der Waals surface area contributed by atoms with Crippen molar-refractivity contribution in [1.29, 1.82) is 0 Å². The second-order valence-electron chi connectivity index (χ2n) is 7.25. The van der Waals surface area contributed by atoms with Gasteiger partial charge in [0.25, 0.3) is 11.6 Å². The van der Waals surface area contributed by atoms with Crippen molar-refractivity contribution < 1.29 is 14.4 Å². The van der Waals surface area contributed by atoms with Gasteiger partial charge in [0, 0.05) is 11.6 Å². The van der Waals surface area contributed by atoms with Gasteiger partial charge < -0.3 is 14.9 Å². The molecule has 0 atom stereocenters. The number of amides is 1. The molecule has 1 aliphatic rings. The van der Waals surface area contributed by atoms with E-state index in [1.807, 2.05) is 26.8 Å². The van der Waals surface area contributed by atoms with Crippen molar-refractivity contribution in [2.24, 2.45) is 0 Å². The number of nitrogens with one attached hydrogen (secondary N) is 1. The Kier molecular flexibility index (Phi) is 3.90. The minimum atomic E-state index is -0.301. The summed E-state index contributed by atoms with van der Waals surface area (Å²) in [5.41, 5.74) is 3.80. The van der Waals surface area contributed by atoms with Crippen LogP contribution in [-0.2, 0) is 0 Å². The summed E-state index contributed by atoms with van der Waals surface area (Å²) in [6.45, 7) is 5.90. The minimum absolute atomic E-state index is 0.0334. The molecule has 1 fully saturated rings. The normalized spacial score (nSPS) is 14.2. The minimum Gasteiger partial charge on any atom is -0.506 e. The second kappa shape index (κ2) is 6.12. The monoisotopic (exact) mass is 351 g/mol. The third-order valence-electron chi connectivity index (χ3n) is 4.68. The van der Waals surface area contributed by atoms with Crippen LogP contribution in [0, 0.1) is 6.92 Å². The Balaban J connectivity index is 1.81. The van der Waals surface area contributed by atoms with Gasteiger partial charge in [-0.15, -0.1) is 0 Å². The quantitative estimate of drug-likeness (QED) is 0.676. The first-order valence-corrected chi connectivity index (χ1v) is 8.85. The maximum Gasteiger partial charge on any atom is 0.259 e. The molecule has 1 saturated carbocycles. The molecule has 2 N–H and O–H groups in total. The average Bonchev–Trinajstić information content (AvgIpc) is 3.36. The van der Waals surface area contributed by atoms with E-state index in [4.69, 9.17) is 4.52 Å². The molecule has 1 aliphatic carbocycles. The summed E-state index contributed by atoms with van der Waals surface area (Å²) in [4.78, 5) is 17.6. The lowest BCUT2D eigenvalue weighted by molar-refractivity contribution is 0.102. The number of pyridine rings is 1. The van der Waals surface area contributed by atoms with Gasteiger partial charge in [0.05, 0.1) is 22.3 Å². The number of hydrogen-bond acceptors (Lipinski definition) is 5. The van der Waals surface area contributed by atoms with Crippen LogP contribution in [0.15, 0.2) is 28.8 Å². The van der Waals surface area contributed by atoms with E-state index < -0.39 is 0 Å². The van der Waals surface area contributed by atoms with E-state index in [9.17, 15) is 9.90 Å². The summed E-state index contributed by atoms with van der Waals surface area (Å²) in [7, 11) is 0. The summed E-state index contributed by atoms with van der Waals surface area (Å²) in [6.07, 6.45) is 2.15. The number of aryl methyl sites for hydroxylation is 1. The number of phenols is 1. The Hall–Kier alpha value is -2.89. The fraction of sp³-hybridized carbons (Fsp3) is 0.350. The highest BCUT2D eigenvalue weighted by molar-refractivity contribution is 6.13. The van der Waals surface area contributed by atoms with Gasteiger partial charge in [0.15, 0.2) is 0 Å². The number of carbonyl (C=O) groups excluding carboxylic acids is 1. The van der Waals surface area contributed by atoms with Crippen LogP contribution in [0.25, 0.3) is 11.1 Å². The van der Waals surface area contributed by atoms with E-state index in [1.54, 1.807) is 18.2 Å². The molecule has 0 radical (unpaired) electrons. The zero-order chi connectivity index (χ0) is 18.4. The lowest BCUT2D eigenvalue weighted by atomic mass is 10.0. The van der Waals surface area contributed by atoms with Crippen molar-refractivity contribution in [3.05, 3.63) is 46.8 Å². The summed E-state index contributed by atoms with van der Waals surface area (Å²) in [5, 5.41) is 17.6. The van der Waals surface area contributed by atoms with E-state index in [1.165, 1.54) is 0 Å². The standard InChI is InChI=1S/C20H21N3O3/c1-10(2)18-17-13(9-14(12-5-6-12)22-20(17)26-23-18)19(25)21-15-8-11(3)4-7-16(15)24/h4,7-10,12,24H,5-6H2,1-3H3,(H,21,25). The zero-order valence-electron chi connectivity index (χ0n) is 15.0. The Bertz CT molecular complexity index is 1000. The van der Waals surface area contributed by atoms with Gasteiger partial charge in [-0.1, -0.05) is 25.1 Å². The molecular weight excluding hydrogens is 330 g/mol. The van der Waals surface area contributed by atoms with Gasteiger partial charge in [0.1, 0.15) is 5.75 Å².